The quantitative estimate of drug-likeness (QED) is 0.549. The van der Waals surface area contributed by atoms with E-state index in [9.17, 15) is 4.79 Å². The van der Waals surface area contributed by atoms with Gasteiger partial charge in [-0.15, -0.1) is 0 Å². The predicted molar refractivity (Wildman–Crippen MR) is 69.8 cm³/mol. The summed E-state index contributed by atoms with van der Waals surface area (Å²) in [4.78, 5) is 11.4. The molecule has 0 atom stereocenters. The first-order chi connectivity index (χ1) is 8.36. The van der Waals surface area contributed by atoms with Gasteiger partial charge >= 0.3 is 0 Å². The minimum absolute atomic E-state index is 0.265. The van der Waals surface area contributed by atoms with Crippen molar-refractivity contribution in [2.75, 3.05) is 19.6 Å². The van der Waals surface area contributed by atoms with Crippen molar-refractivity contribution in [1.82, 2.24) is 10.6 Å². The first-order valence-electron chi connectivity index (χ1n) is 7.34. The van der Waals surface area contributed by atoms with Crippen molar-refractivity contribution >= 4 is 5.91 Å². The molecule has 0 aromatic rings. The smallest absolute Gasteiger partial charge is 0.223 e. The lowest BCUT2D eigenvalue weighted by atomic mass is 10.0. The highest BCUT2D eigenvalue weighted by atomic mass is 16.2. The minimum Gasteiger partial charge on any atom is -0.355 e. The summed E-state index contributed by atoms with van der Waals surface area (Å²) in [5, 5.41) is 6.48. The van der Waals surface area contributed by atoms with Gasteiger partial charge in [0, 0.05) is 19.0 Å². The third-order valence-corrected chi connectivity index (χ3v) is 3.96. The SMILES string of the molecule is O=C(NCCNCC1CCCCCC1)C1CC1. The van der Waals surface area contributed by atoms with Crippen LogP contribution >= 0.6 is 0 Å². The Bertz CT molecular complexity index is 230. The molecular weight excluding hydrogens is 212 g/mol. The second-order valence-electron chi connectivity index (χ2n) is 5.63. The fraction of sp³-hybridized carbons (Fsp3) is 0.929. The molecular formula is C14H26N2O. The molecule has 0 aromatic carbocycles. The van der Waals surface area contributed by atoms with Crippen LogP contribution in [0.25, 0.3) is 0 Å². The number of nitrogens with one attached hydrogen (secondary N) is 2. The Kier molecular flexibility index (Phi) is 5.30. The zero-order valence-corrected chi connectivity index (χ0v) is 10.8. The van der Waals surface area contributed by atoms with Gasteiger partial charge in [-0.2, -0.15) is 0 Å². The van der Waals surface area contributed by atoms with Crippen LogP contribution < -0.4 is 10.6 Å². The van der Waals surface area contributed by atoms with Crippen LogP contribution in [0.3, 0.4) is 0 Å². The van der Waals surface area contributed by atoms with Gasteiger partial charge in [0.05, 0.1) is 0 Å². The third kappa shape index (κ3) is 5.07. The van der Waals surface area contributed by atoms with Gasteiger partial charge in [-0.05, 0) is 38.1 Å². The first kappa shape index (κ1) is 12.9. The molecule has 1 amide bonds. The van der Waals surface area contributed by atoms with Crippen LogP contribution in [0.5, 0.6) is 0 Å². The topological polar surface area (TPSA) is 41.1 Å². The van der Waals surface area contributed by atoms with E-state index in [2.05, 4.69) is 10.6 Å². The fourth-order valence-corrected chi connectivity index (χ4v) is 2.64. The standard InChI is InChI=1S/C14H26N2O/c17-14(13-7-8-13)16-10-9-15-11-12-5-3-1-2-4-6-12/h12-13,15H,1-11H2,(H,16,17). The van der Waals surface area contributed by atoms with Crippen LogP contribution in [-0.2, 0) is 4.79 Å². The molecule has 0 heterocycles. The fourth-order valence-electron chi connectivity index (χ4n) is 2.64. The monoisotopic (exact) mass is 238 g/mol. The Balaban J connectivity index is 1.46. The summed E-state index contributed by atoms with van der Waals surface area (Å²) in [7, 11) is 0. The van der Waals surface area contributed by atoms with E-state index in [1.165, 1.54) is 38.5 Å². The second kappa shape index (κ2) is 7.00. The molecule has 0 bridgehead atoms. The lowest BCUT2D eigenvalue weighted by Gasteiger charge is -2.14. The van der Waals surface area contributed by atoms with E-state index < -0.39 is 0 Å². The van der Waals surface area contributed by atoms with E-state index in [0.717, 1.165) is 38.4 Å². The van der Waals surface area contributed by atoms with E-state index in [0.29, 0.717) is 5.92 Å². The number of amides is 1. The van der Waals surface area contributed by atoms with Gasteiger partial charge in [0.15, 0.2) is 0 Å². The summed E-state index contributed by atoms with van der Waals surface area (Å²) in [6, 6.07) is 0. The molecule has 0 aromatic heterocycles. The highest BCUT2D eigenvalue weighted by Crippen LogP contribution is 2.28. The average molecular weight is 238 g/mol. The largest absolute Gasteiger partial charge is 0.355 e. The molecule has 2 aliphatic carbocycles. The van der Waals surface area contributed by atoms with Gasteiger partial charge in [0.2, 0.25) is 5.91 Å². The van der Waals surface area contributed by atoms with Crippen LogP contribution in [0.4, 0.5) is 0 Å². The van der Waals surface area contributed by atoms with E-state index in [-0.39, 0.29) is 5.91 Å². The lowest BCUT2D eigenvalue weighted by Crippen LogP contribution is -2.34. The average Bonchev–Trinajstić information content (AvgIpc) is 3.16. The van der Waals surface area contributed by atoms with Gasteiger partial charge in [-0.3, -0.25) is 4.79 Å². The Morgan fingerprint density at radius 2 is 1.65 bits per heavy atom. The molecule has 3 heteroatoms. The van der Waals surface area contributed by atoms with Crippen molar-refractivity contribution in [3.8, 4) is 0 Å². The van der Waals surface area contributed by atoms with Crippen molar-refractivity contribution in [3.63, 3.8) is 0 Å². The van der Waals surface area contributed by atoms with Crippen molar-refractivity contribution in [2.24, 2.45) is 11.8 Å². The van der Waals surface area contributed by atoms with Gasteiger partial charge in [-0.25, -0.2) is 0 Å². The Hall–Kier alpha value is -0.570. The predicted octanol–water partition coefficient (Wildman–Crippen LogP) is 2.07. The number of hydrogen-bond acceptors (Lipinski definition) is 2. The molecule has 2 aliphatic rings. The zero-order valence-electron chi connectivity index (χ0n) is 10.8. The number of carbonyl (C=O) groups is 1. The summed E-state index contributed by atoms with van der Waals surface area (Å²) in [5.41, 5.74) is 0. The minimum atomic E-state index is 0.265. The highest BCUT2D eigenvalue weighted by molar-refractivity contribution is 5.80. The number of carbonyl (C=O) groups excluding carboxylic acids is 1. The molecule has 3 nitrogen and oxygen atoms in total. The van der Waals surface area contributed by atoms with Crippen molar-refractivity contribution in [3.05, 3.63) is 0 Å². The zero-order chi connectivity index (χ0) is 11.9. The lowest BCUT2D eigenvalue weighted by molar-refractivity contribution is -0.122. The molecule has 0 unspecified atom stereocenters. The van der Waals surface area contributed by atoms with Crippen molar-refractivity contribution in [2.45, 2.75) is 51.4 Å². The van der Waals surface area contributed by atoms with Crippen LogP contribution in [-0.4, -0.2) is 25.5 Å². The third-order valence-electron chi connectivity index (χ3n) is 3.96. The number of rotatable bonds is 6. The molecule has 2 saturated carbocycles. The molecule has 0 radical (unpaired) electrons. The maximum absolute atomic E-state index is 11.4. The summed E-state index contributed by atoms with van der Waals surface area (Å²) >= 11 is 0. The van der Waals surface area contributed by atoms with Crippen molar-refractivity contribution < 1.29 is 4.79 Å². The molecule has 17 heavy (non-hydrogen) atoms. The van der Waals surface area contributed by atoms with E-state index in [1.54, 1.807) is 0 Å². The summed E-state index contributed by atoms with van der Waals surface area (Å²) < 4.78 is 0. The van der Waals surface area contributed by atoms with Gasteiger partial charge in [-0.1, -0.05) is 25.7 Å². The van der Waals surface area contributed by atoms with Crippen LogP contribution in [0, 0.1) is 11.8 Å². The summed E-state index contributed by atoms with van der Waals surface area (Å²) in [5.74, 6) is 1.48. The molecule has 0 saturated heterocycles. The van der Waals surface area contributed by atoms with Crippen LogP contribution in [0.15, 0.2) is 0 Å². The number of hydrogen-bond donors (Lipinski definition) is 2. The summed E-state index contributed by atoms with van der Waals surface area (Å²) in [6.45, 7) is 2.86. The normalized spacial score (nSPS) is 22.1. The van der Waals surface area contributed by atoms with Gasteiger partial charge < -0.3 is 10.6 Å². The molecule has 2 fully saturated rings. The summed E-state index contributed by atoms with van der Waals surface area (Å²) in [6.07, 6.45) is 10.6. The molecule has 2 rings (SSSR count). The first-order valence-corrected chi connectivity index (χ1v) is 7.34. The van der Waals surface area contributed by atoms with Crippen LogP contribution in [0.1, 0.15) is 51.4 Å². The molecule has 0 aliphatic heterocycles. The van der Waals surface area contributed by atoms with E-state index in [4.69, 9.17) is 0 Å². The maximum Gasteiger partial charge on any atom is 0.223 e. The van der Waals surface area contributed by atoms with Crippen molar-refractivity contribution in [1.29, 1.82) is 0 Å². The van der Waals surface area contributed by atoms with Crippen LogP contribution in [0.2, 0.25) is 0 Å². The van der Waals surface area contributed by atoms with Gasteiger partial charge in [0.1, 0.15) is 0 Å². The van der Waals surface area contributed by atoms with Gasteiger partial charge in [0.25, 0.3) is 0 Å². The molecule has 0 spiro atoms. The van der Waals surface area contributed by atoms with E-state index in [1.807, 2.05) is 0 Å². The Morgan fingerprint density at radius 3 is 2.29 bits per heavy atom. The second-order valence-corrected chi connectivity index (χ2v) is 5.63. The Labute approximate surface area is 105 Å². The Morgan fingerprint density at radius 1 is 0.941 bits per heavy atom. The van der Waals surface area contributed by atoms with E-state index >= 15 is 0 Å². The molecule has 2 N–H and O–H groups in total. The highest BCUT2D eigenvalue weighted by Gasteiger charge is 2.28. The molecule has 98 valence electrons. The maximum atomic E-state index is 11.4.